The van der Waals surface area contributed by atoms with Crippen LogP contribution in [-0.2, 0) is 14.8 Å². The van der Waals surface area contributed by atoms with Gasteiger partial charge < -0.3 is 0 Å². The maximum atomic E-state index is 11.9. The molecule has 0 aliphatic carbocycles. The fourth-order valence-corrected chi connectivity index (χ4v) is 3.85. The third kappa shape index (κ3) is 3.78. The van der Waals surface area contributed by atoms with Gasteiger partial charge in [0.15, 0.2) is 5.12 Å². The van der Waals surface area contributed by atoms with Crippen LogP contribution in [0.4, 0.5) is 5.69 Å². The number of hydrogen-bond donors (Lipinski definition) is 0. The molecule has 0 N–H and O–H groups in total. The molecule has 1 saturated heterocycles. The Kier molecular flexibility index (Phi) is 4.73. The molecule has 20 heavy (non-hydrogen) atoms. The molecule has 1 aliphatic heterocycles. The number of carbonyl (C=O) groups is 1. The van der Waals surface area contributed by atoms with Gasteiger partial charge in [-0.05, 0) is 24.6 Å². The zero-order valence-electron chi connectivity index (χ0n) is 11.1. The van der Waals surface area contributed by atoms with Crippen molar-refractivity contribution in [2.45, 2.75) is 13.3 Å². The predicted molar refractivity (Wildman–Crippen MR) is 82.2 cm³/mol. The molecule has 0 amide bonds. The monoisotopic (exact) mass is 309 g/mol. The van der Waals surface area contributed by atoms with Crippen molar-refractivity contribution in [3.63, 3.8) is 0 Å². The molecule has 1 heterocycles. The third-order valence-electron chi connectivity index (χ3n) is 2.81. The normalized spacial score (nSPS) is 16.6. The quantitative estimate of drug-likeness (QED) is 0.783. The van der Waals surface area contributed by atoms with Crippen LogP contribution < -0.4 is 4.31 Å². The minimum atomic E-state index is -3.16. The van der Waals surface area contributed by atoms with Gasteiger partial charge in [-0.2, -0.15) is 0 Å². The average molecular weight is 309 g/mol. The van der Waals surface area contributed by atoms with E-state index in [-0.39, 0.29) is 10.9 Å². The van der Waals surface area contributed by atoms with Gasteiger partial charge in [-0.1, -0.05) is 29.7 Å². The van der Waals surface area contributed by atoms with E-state index in [0.29, 0.717) is 24.4 Å². The highest BCUT2D eigenvalue weighted by molar-refractivity contribution is 8.13. The molecule has 106 valence electrons. The van der Waals surface area contributed by atoms with E-state index in [1.54, 1.807) is 18.2 Å². The van der Waals surface area contributed by atoms with Gasteiger partial charge >= 0.3 is 0 Å². The summed E-state index contributed by atoms with van der Waals surface area (Å²) in [6, 6.07) is 7.18. The fourth-order valence-electron chi connectivity index (χ4n) is 1.94. The molecule has 6 heteroatoms. The number of benzene rings is 1. The summed E-state index contributed by atoms with van der Waals surface area (Å²) in [4.78, 5) is 10.8. The van der Waals surface area contributed by atoms with Gasteiger partial charge in [0.1, 0.15) is 0 Å². The summed E-state index contributed by atoms with van der Waals surface area (Å²) in [7, 11) is -3.16. The molecule has 2 rings (SSSR count). The number of carbonyl (C=O) groups excluding carboxylic acids is 1. The number of thioether (sulfide) groups is 1. The molecule has 1 fully saturated rings. The molecule has 0 spiro atoms. The van der Waals surface area contributed by atoms with Crippen LogP contribution in [0.25, 0.3) is 0 Å². The molecule has 0 saturated carbocycles. The minimum absolute atomic E-state index is 0.0382. The third-order valence-corrected chi connectivity index (χ3v) is 5.38. The molecule has 0 radical (unpaired) electrons. The van der Waals surface area contributed by atoms with E-state index in [1.165, 1.54) is 11.2 Å². The summed E-state index contributed by atoms with van der Waals surface area (Å²) in [5.41, 5.74) is 1.42. The molecule has 4 nitrogen and oxygen atoms in total. The second-order valence-electron chi connectivity index (χ2n) is 4.37. The lowest BCUT2D eigenvalue weighted by Gasteiger charge is -2.16. The van der Waals surface area contributed by atoms with Crippen LogP contribution in [-0.4, -0.2) is 31.6 Å². The summed E-state index contributed by atoms with van der Waals surface area (Å²) >= 11 is 1.16. The molecular formula is C14H15NO3S2. The van der Waals surface area contributed by atoms with E-state index in [1.807, 2.05) is 6.07 Å². The summed E-state index contributed by atoms with van der Waals surface area (Å²) in [5, 5.41) is 0.0382. The van der Waals surface area contributed by atoms with Gasteiger partial charge in [-0.15, -0.1) is 0 Å². The Hall–Kier alpha value is -1.45. The first kappa shape index (κ1) is 14.9. The lowest BCUT2D eigenvalue weighted by Crippen LogP contribution is -2.24. The Bertz CT molecular complexity index is 671. The number of hydrogen-bond acceptors (Lipinski definition) is 4. The van der Waals surface area contributed by atoms with E-state index in [9.17, 15) is 13.2 Å². The van der Waals surface area contributed by atoms with Gasteiger partial charge in [0.05, 0.1) is 17.2 Å². The zero-order chi connectivity index (χ0) is 14.6. The molecular weight excluding hydrogens is 294 g/mol. The van der Waals surface area contributed by atoms with Crippen molar-refractivity contribution in [1.82, 2.24) is 0 Å². The van der Waals surface area contributed by atoms with Gasteiger partial charge in [0.25, 0.3) is 0 Å². The topological polar surface area (TPSA) is 54.5 Å². The van der Waals surface area contributed by atoms with Crippen LogP contribution in [0.1, 0.15) is 18.9 Å². The van der Waals surface area contributed by atoms with E-state index in [4.69, 9.17) is 0 Å². The Morgan fingerprint density at radius 2 is 2.25 bits per heavy atom. The predicted octanol–water partition coefficient (Wildman–Crippen LogP) is 1.86. The first-order valence-corrected chi connectivity index (χ1v) is 8.81. The van der Waals surface area contributed by atoms with Crippen molar-refractivity contribution in [2.75, 3.05) is 22.4 Å². The number of nitrogens with zero attached hydrogens (tertiary/aromatic N) is 1. The van der Waals surface area contributed by atoms with E-state index < -0.39 is 10.0 Å². The molecule has 0 aromatic heterocycles. The highest BCUT2D eigenvalue weighted by Crippen LogP contribution is 2.24. The SMILES string of the molecule is CC(=O)SCC#Cc1cccc(N2CCCS2(=O)=O)c1. The lowest BCUT2D eigenvalue weighted by atomic mass is 10.2. The van der Waals surface area contributed by atoms with E-state index in [0.717, 1.165) is 17.3 Å². The molecule has 0 atom stereocenters. The van der Waals surface area contributed by atoms with Crippen molar-refractivity contribution in [3.8, 4) is 11.8 Å². The highest BCUT2D eigenvalue weighted by atomic mass is 32.2. The van der Waals surface area contributed by atoms with Gasteiger partial charge in [-0.3, -0.25) is 9.10 Å². The fraction of sp³-hybridized carbons (Fsp3) is 0.357. The van der Waals surface area contributed by atoms with Crippen LogP contribution >= 0.6 is 11.8 Å². The molecule has 0 unspecified atom stereocenters. The van der Waals surface area contributed by atoms with Crippen LogP contribution in [0.5, 0.6) is 0 Å². The highest BCUT2D eigenvalue weighted by Gasteiger charge is 2.28. The largest absolute Gasteiger partial charge is 0.288 e. The van der Waals surface area contributed by atoms with Crippen LogP contribution in [0.15, 0.2) is 24.3 Å². The smallest absolute Gasteiger partial charge is 0.235 e. The minimum Gasteiger partial charge on any atom is -0.288 e. The van der Waals surface area contributed by atoms with E-state index in [2.05, 4.69) is 11.8 Å². The Morgan fingerprint density at radius 3 is 2.90 bits per heavy atom. The molecule has 1 aromatic rings. The first-order chi connectivity index (χ1) is 9.49. The summed E-state index contributed by atoms with van der Waals surface area (Å²) in [6.45, 7) is 2.03. The Labute approximate surface area is 123 Å². The van der Waals surface area contributed by atoms with Gasteiger partial charge in [0.2, 0.25) is 10.0 Å². The molecule has 1 aromatic carbocycles. The zero-order valence-corrected chi connectivity index (χ0v) is 12.8. The van der Waals surface area contributed by atoms with Crippen molar-refractivity contribution in [2.24, 2.45) is 0 Å². The van der Waals surface area contributed by atoms with Crippen molar-refractivity contribution < 1.29 is 13.2 Å². The van der Waals surface area contributed by atoms with Gasteiger partial charge in [0, 0.05) is 19.0 Å². The second-order valence-corrected chi connectivity index (χ2v) is 7.54. The average Bonchev–Trinajstić information content (AvgIpc) is 2.74. The maximum Gasteiger partial charge on any atom is 0.235 e. The number of anilines is 1. The molecule has 0 bridgehead atoms. The van der Waals surface area contributed by atoms with E-state index >= 15 is 0 Å². The summed E-state index contributed by atoms with van der Waals surface area (Å²) in [5.74, 6) is 6.49. The maximum absolute atomic E-state index is 11.9. The molecule has 1 aliphatic rings. The van der Waals surface area contributed by atoms with Crippen LogP contribution in [0, 0.1) is 11.8 Å². The summed E-state index contributed by atoms with van der Waals surface area (Å²) < 4.78 is 25.1. The first-order valence-electron chi connectivity index (χ1n) is 6.22. The van der Waals surface area contributed by atoms with Crippen molar-refractivity contribution in [1.29, 1.82) is 0 Å². The standard InChI is InChI=1S/C14H15NO3S2/c1-12(16)19-9-3-6-13-5-2-7-14(11-13)15-8-4-10-20(15,17)18/h2,5,7,11H,4,8-10H2,1H3. The van der Waals surface area contributed by atoms with Gasteiger partial charge in [-0.25, -0.2) is 8.42 Å². The summed E-state index contributed by atoms with van der Waals surface area (Å²) in [6.07, 6.45) is 0.660. The number of rotatable bonds is 2. The van der Waals surface area contributed by atoms with Crippen LogP contribution in [0.3, 0.4) is 0 Å². The lowest BCUT2D eigenvalue weighted by molar-refractivity contribution is -0.109. The second kappa shape index (κ2) is 6.33. The number of sulfonamides is 1. The van der Waals surface area contributed by atoms with Crippen molar-refractivity contribution in [3.05, 3.63) is 29.8 Å². The van der Waals surface area contributed by atoms with Crippen LogP contribution in [0.2, 0.25) is 0 Å². The Morgan fingerprint density at radius 1 is 1.45 bits per heavy atom. The van der Waals surface area contributed by atoms with Crippen molar-refractivity contribution >= 4 is 32.6 Å². The Balaban J connectivity index is 2.14.